The number of nitrogens with two attached hydrogens (primary N) is 1. The highest BCUT2D eigenvalue weighted by atomic mass is 16.5. The lowest BCUT2D eigenvalue weighted by molar-refractivity contribution is -0.0590. The van der Waals surface area contributed by atoms with Crippen molar-refractivity contribution in [1.29, 1.82) is 0 Å². The minimum atomic E-state index is -0.622. The second kappa shape index (κ2) is 7.60. The molecular formula is C18H22N4O3. The molecule has 1 aliphatic heterocycles. The summed E-state index contributed by atoms with van der Waals surface area (Å²) in [5.74, 6) is 0.465. The van der Waals surface area contributed by atoms with Crippen LogP contribution in [0.1, 0.15) is 30.7 Å². The number of nitrogen functional groups attached to an aromatic ring is 1. The van der Waals surface area contributed by atoms with Gasteiger partial charge in [-0.25, -0.2) is 9.97 Å². The standard InChI is InChI=1S/C17H18N4O2.CH4O/c18-16-12-8-9-21(17(12)20-10-19-16)14-7-6-13(23-14)15(22)11-4-2-1-3-5-11;1-2/h1-5,8-10,13-15,22H,6-7H2,(H2,18,19,20);2H,1H3/t13?,14-,15?;/m1./s1. The van der Waals surface area contributed by atoms with Gasteiger partial charge in [0.15, 0.2) is 0 Å². The largest absolute Gasteiger partial charge is 0.400 e. The summed E-state index contributed by atoms with van der Waals surface area (Å²) in [6.45, 7) is 0. The predicted octanol–water partition coefficient (Wildman–Crippen LogP) is 2.03. The van der Waals surface area contributed by atoms with Crippen LogP contribution in [0.15, 0.2) is 48.9 Å². The number of aliphatic hydroxyl groups is 2. The molecule has 0 amide bonds. The lowest BCUT2D eigenvalue weighted by Gasteiger charge is -2.20. The second-order valence-electron chi connectivity index (χ2n) is 5.78. The maximum Gasteiger partial charge on any atom is 0.147 e. The number of aliphatic hydroxyl groups excluding tert-OH is 2. The van der Waals surface area contributed by atoms with E-state index in [0.717, 1.165) is 36.5 Å². The first-order valence-electron chi connectivity index (χ1n) is 8.14. The molecule has 3 heterocycles. The van der Waals surface area contributed by atoms with Crippen LogP contribution in [0.25, 0.3) is 11.0 Å². The van der Waals surface area contributed by atoms with Crippen LogP contribution in [0.3, 0.4) is 0 Å². The van der Waals surface area contributed by atoms with Gasteiger partial charge in [-0.2, -0.15) is 0 Å². The van der Waals surface area contributed by atoms with Crippen LogP contribution in [0.5, 0.6) is 0 Å². The van der Waals surface area contributed by atoms with Gasteiger partial charge in [-0.15, -0.1) is 0 Å². The lowest BCUT2D eigenvalue weighted by atomic mass is 10.0. The quantitative estimate of drug-likeness (QED) is 0.672. The van der Waals surface area contributed by atoms with Crippen LogP contribution in [0, 0.1) is 0 Å². The highest BCUT2D eigenvalue weighted by Crippen LogP contribution is 2.36. The zero-order chi connectivity index (χ0) is 17.8. The van der Waals surface area contributed by atoms with E-state index in [4.69, 9.17) is 15.6 Å². The van der Waals surface area contributed by atoms with E-state index in [1.54, 1.807) is 0 Å². The summed E-state index contributed by atoms with van der Waals surface area (Å²) in [7, 11) is 1.00. The molecule has 0 bridgehead atoms. The average Bonchev–Trinajstić information content (AvgIpc) is 3.31. The van der Waals surface area contributed by atoms with E-state index in [1.807, 2.05) is 47.2 Å². The highest BCUT2D eigenvalue weighted by molar-refractivity contribution is 5.86. The number of anilines is 1. The molecule has 1 aromatic carbocycles. The van der Waals surface area contributed by atoms with Crippen molar-refractivity contribution in [3.05, 3.63) is 54.5 Å². The van der Waals surface area contributed by atoms with E-state index >= 15 is 0 Å². The Bertz CT molecular complexity index is 822. The molecule has 2 aromatic heterocycles. The van der Waals surface area contributed by atoms with E-state index in [0.29, 0.717) is 5.82 Å². The third-order valence-electron chi connectivity index (χ3n) is 4.37. The summed E-state index contributed by atoms with van der Waals surface area (Å²) in [6.07, 6.45) is 3.99. The Kier molecular flexibility index (Phi) is 5.28. The molecule has 1 aliphatic rings. The molecule has 25 heavy (non-hydrogen) atoms. The molecule has 0 spiro atoms. The maximum atomic E-state index is 10.5. The molecule has 7 heteroatoms. The molecule has 7 nitrogen and oxygen atoms in total. The highest BCUT2D eigenvalue weighted by Gasteiger charge is 2.33. The SMILES string of the molecule is CO.Nc1ncnc2c1ccn2[C@H]1CCC(C(O)c2ccccc2)O1. The molecule has 0 aliphatic carbocycles. The molecule has 1 saturated heterocycles. The Labute approximate surface area is 145 Å². The van der Waals surface area contributed by atoms with Crippen molar-refractivity contribution in [3.8, 4) is 0 Å². The Balaban J connectivity index is 0.000000880. The van der Waals surface area contributed by atoms with E-state index < -0.39 is 6.10 Å². The van der Waals surface area contributed by atoms with Crippen LogP contribution in [-0.4, -0.2) is 38.0 Å². The van der Waals surface area contributed by atoms with Crippen molar-refractivity contribution < 1.29 is 14.9 Å². The Morgan fingerprint density at radius 2 is 1.92 bits per heavy atom. The Hall–Kier alpha value is -2.48. The molecule has 4 N–H and O–H groups in total. The van der Waals surface area contributed by atoms with Crippen LogP contribution >= 0.6 is 0 Å². The van der Waals surface area contributed by atoms with E-state index in [-0.39, 0.29) is 12.3 Å². The minimum Gasteiger partial charge on any atom is -0.400 e. The zero-order valence-electron chi connectivity index (χ0n) is 14.0. The van der Waals surface area contributed by atoms with Gasteiger partial charge in [-0.1, -0.05) is 30.3 Å². The first kappa shape index (κ1) is 17.3. The topological polar surface area (TPSA) is 106 Å². The Morgan fingerprint density at radius 3 is 2.68 bits per heavy atom. The molecule has 0 radical (unpaired) electrons. The van der Waals surface area contributed by atoms with Gasteiger partial charge in [0.05, 0.1) is 11.5 Å². The minimum absolute atomic E-state index is 0.148. The Morgan fingerprint density at radius 1 is 1.16 bits per heavy atom. The molecule has 1 fully saturated rings. The first-order valence-corrected chi connectivity index (χ1v) is 8.14. The fourth-order valence-electron chi connectivity index (χ4n) is 3.17. The van der Waals surface area contributed by atoms with Crippen LogP contribution in [0.2, 0.25) is 0 Å². The maximum absolute atomic E-state index is 10.5. The van der Waals surface area contributed by atoms with Gasteiger partial charge >= 0.3 is 0 Å². The van der Waals surface area contributed by atoms with Gasteiger partial charge in [0.25, 0.3) is 0 Å². The summed E-state index contributed by atoms with van der Waals surface area (Å²) >= 11 is 0. The van der Waals surface area contributed by atoms with Gasteiger partial charge < -0.3 is 25.3 Å². The number of nitrogens with zero attached hydrogens (tertiary/aromatic N) is 3. The van der Waals surface area contributed by atoms with E-state index in [1.165, 1.54) is 6.33 Å². The molecule has 3 aromatic rings. The van der Waals surface area contributed by atoms with Crippen LogP contribution in [-0.2, 0) is 4.74 Å². The fourth-order valence-corrected chi connectivity index (χ4v) is 3.17. The molecule has 3 atom stereocenters. The third kappa shape index (κ3) is 3.34. The fraction of sp³-hybridized carbons (Fsp3) is 0.333. The number of hydrogen-bond donors (Lipinski definition) is 3. The molecular weight excluding hydrogens is 320 g/mol. The van der Waals surface area contributed by atoms with Crippen molar-refractivity contribution in [2.24, 2.45) is 0 Å². The average molecular weight is 342 g/mol. The molecule has 132 valence electrons. The lowest BCUT2D eigenvalue weighted by Crippen LogP contribution is -2.19. The molecule has 2 unspecified atom stereocenters. The summed E-state index contributed by atoms with van der Waals surface area (Å²) < 4.78 is 8.05. The summed E-state index contributed by atoms with van der Waals surface area (Å²) in [5.41, 5.74) is 7.51. The van der Waals surface area contributed by atoms with Crippen molar-refractivity contribution >= 4 is 16.9 Å². The molecule has 0 saturated carbocycles. The first-order chi connectivity index (χ1) is 12.2. The normalized spacial score (nSPS) is 20.9. The number of fused-ring (bicyclic) bond motifs is 1. The number of ether oxygens (including phenoxy) is 1. The van der Waals surface area contributed by atoms with Gasteiger partial charge in [0.1, 0.15) is 30.1 Å². The van der Waals surface area contributed by atoms with E-state index in [9.17, 15) is 5.11 Å². The van der Waals surface area contributed by atoms with Crippen molar-refractivity contribution in [2.75, 3.05) is 12.8 Å². The summed E-state index contributed by atoms with van der Waals surface area (Å²) in [4.78, 5) is 8.31. The van der Waals surface area contributed by atoms with Gasteiger partial charge in [-0.05, 0) is 24.5 Å². The van der Waals surface area contributed by atoms with Crippen molar-refractivity contribution in [2.45, 2.75) is 31.3 Å². The van der Waals surface area contributed by atoms with Gasteiger partial charge in [0.2, 0.25) is 0 Å². The third-order valence-corrected chi connectivity index (χ3v) is 4.37. The summed E-state index contributed by atoms with van der Waals surface area (Å²) in [6, 6.07) is 11.5. The number of hydrogen-bond acceptors (Lipinski definition) is 6. The van der Waals surface area contributed by atoms with Crippen molar-refractivity contribution in [1.82, 2.24) is 14.5 Å². The van der Waals surface area contributed by atoms with Crippen LogP contribution < -0.4 is 5.73 Å². The van der Waals surface area contributed by atoms with Gasteiger partial charge in [-0.3, -0.25) is 0 Å². The van der Waals surface area contributed by atoms with Gasteiger partial charge in [0, 0.05) is 13.3 Å². The predicted molar refractivity (Wildman–Crippen MR) is 94.6 cm³/mol. The summed E-state index contributed by atoms with van der Waals surface area (Å²) in [5, 5.41) is 18.3. The van der Waals surface area contributed by atoms with Crippen molar-refractivity contribution in [3.63, 3.8) is 0 Å². The van der Waals surface area contributed by atoms with E-state index in [2.05, 4.69) is 9.97 Å². The second-order valence-corrected chi connectivity index (χ2v) is 5.78. The number of benzene rings is 1. The molecule has 4 rings (SSSR count). The number of rotatable bonds is 3. The van der Waals surface area contributed by atoms with Crippen LogP contribution in [0.4, 0.5) is 5.82 Å². The zero-order valence-corrected chi connectivity index (χ0v) is 14.0. The number of aromatic nitrogens is 3. The smallest absolute Gasteiger partial charge is 0.147 e. The monoisotopic (exact) mass is 342 g/mol.